The zero-order chi connectivity index (χ0) is 11.7. The van der Waals surface area contributed by atoms with Crippen LogP contribution in [0.3, 0.4) is 0 Å². The van der Waals surface area contributed by atoms with Crippen molar-refractivity contribution in [2.24, 2.45) is 0 Å². The van der Waals surface area contributed by atoms with Crippen LogP contribution in [0.1, 0.15) is 0 Å². The Hall–Kier alpha value is -0.400. The second kappa shape index (κ2) is 4.85. The summed E-state index contributed by atoms with van der Waals surface area (Å²) in [4.78, 5) is 0. The Morgan fingerprint density at radius 3 is 2.00 bits per heavy atom. The maximum atomic E-state index is 6.11. The molecular weight excluding hydrogens is 286 g/mol. The van der Waals surface area contributed by atoms with E-state index >= 15 is 0 Å². The second-order valence-corrected chi connectivity index (χ2v) is 4.92. The third kappa shape index (κ3) is 2.46. The molecule has 0 saturated heterocycles. The lowest BCUT2D eigenvalue weighted by molar-refractivity contribution is 1.61. The van der Waals surface area contributed by atoms with Gasteiger partial charge in [0, 0.05) is 15.6 Å². The van der Waals surface area contributed by atoms with Crippen LogP contribution < -0.4 is 0 Å². The summed E-state index contributed by atoms with van der Waals surface area (Å²) >= 11 is 23.9. The smallest absolute Gasteiger partial charge is 0.0670 e. The maximum Gasteiger partial charge on any atom is 0.0670 e. The van der Waals surface area contributed by atoms with E-state index in [1.807, 2.05) is 12.1 Å². The molecule has 0 aliphatic heterocycles. The first-order valence-electron chi connectivity index (χ1n) is 4.48. The van der Waals surface area contributed by atoms with Crippen LogP contribution in [0.25, 0.3) is 11.1 Å². The number of hydrogen-bond acceptors (Lipinski definition) is 0. The summed E-state index contributed by atoms with van der Waals surface area (Å²) in [6.07, 6.45) is 0. The molecule has 0 nitrogen and oxygen atoms in total. The fraction of sp³-hybridized carbons (Fsp3) is 0. The Labute approximate surface area is 114 Å². The van der Waals surface area contributed by atoms with Gasteiger partial charge in [0.1, 0.15) is 0 Å². The van der Waals surface area contributed by atoms with Crippen molar-refractivity contribution in [2.45, 2.75) is 0 Å². The van der Waals surface area contributed by atoms with Gasteiger partial charge in [0.05, 0.1) is 10.0 Å². The van der Waals surface area contributed by atoms with Gasteiger partial charge in [-0.15, -0.1) is 0 Å². The minimum Gasteiger partial charge on any atom is -0.0843 e. The van der Waals surface area contributed by atoms with Gasteiger partial charge in [-0.3, -0.25) is 0 Å². The second-order valence-electron chi connectivity index (χ2n) is 3.26. The average Bonchev–Trinajstić information content (AvgIpc) is 2.20. The summed E-state index contributed by atoms with van der Waals surface area (Å²) < 4.78 is 0. The Bertz CT molecular complexity index is 514. The number of halogens is 4. The Morgan fingerprint density at radius 1 is 0.750 bits per heavy atom. The van der Waals surface area contributed by atoms with Crippen molar-refractivity contribution in [1.29, 1.82) is 0 Å². The normalized spacial score (nSPS) is 10.5. The van der Waals surface area contributed by atoms with Gasteiger partial charge in [-0.2, -0.15) is 0 Å². The number of hydrogen-bond donors (Lipinski definition) is 0. The molecule has 0 aromatic heterocycles. The average molecular weight is 292 g/mol. The van der Waals surface area contributed by atoms with E-state index in [-0.39, 0.29) is 0 Å². The summed E-state index contributed by atoms with van der Waals surface area (Å²) in [5, 5.41) is 2.15. The molecule has 2 rings (SSSR count). The predicted molar refractivity (Wildman–Crippen MR) is 71.9 cm³/mol. The topological polar surface area (TPSA) is 0 Å². The Morgan fingerprint density at radius 2 is 1.38 bits per heavy atom. The van der Waals surface area contributed by atoms with Crippen molar-refractivity contribution in [3.05, 3.63) is 56.5 Å². The van der Waals surface area contributed by atoms with E-state index in [2.05, 4.69) is 0 Å². The van der Waals surface area contributed by atoms with Gasteiger partial charge in [0.25, 0.3) is 0 Å². The van der Waals surface area contributed by atoms with Crippen molar-refractivity contribution in [3.63, 3.8) is 0 Å². The van der Waals surface area contributed by atoms with Gasteiger partial charge < -0.3 is 0 Å². The summed E-state index contributed by atoms with van der Waals surface area (Å²) in [5.41, 5.74) is 1.67. The first-order chi connectivity index (χ1) is 7.58. The number of benzene rings is 2. The van der Waals surface area contributed by atoms with E-state index in [0.717, 1.165) is 11.1 Å². The van der Waals surface area contributed by atoms with E-state index in [0.29, 0.717) is 20.1 Å². The van der Waals surface area contributed by atoms with E-state index in [1.54, 1.807) is 24.3 Å². The van der Waals surface area contributed by atoms with E-state index in [4.69, 9.17) is 46.4 Å². The highest BCUT2D eigenvalue weighted by molar-refractivity contribution is 6.44. The lowest BCUT2D eigenvalue weighted by Gasteiger charge is -2.07. The quantitative estimate of drug-likeness (QED) is 0.607. The first kappa shape index (κ1) is 12.1. The molecule has 16 heavy (non-hydrogen) atoms. The van der Waals surface area contributed by atoms with Gasteiger partial charge in [0.2, 0.25) is 0 Å². The van der Waals surface area contributed by atoms with Crippen LogP contribution in [-0.4, -0.2) is 0 Å². The van der Waals surface area contributed by atoms with Crippen LogP contribution in [0.2, 0.25) is 20.1 Å². The fourth-order valence-electron chi connectivity index (χ4n) is 1.44. The van der Waals surface area contributed by atoms with Crippen molar-refractivity contribution >= 4 is 46.4 Å². The van der Waals surface area contributed by atoms with Crippen LogP contribution in [-0.2, 0) is 0 Å². The third-order valence-corrected chi connectivity index (χ3v) is 3.38. The molecule has 0 spiro atoms. The van der Waals surface area contributed by atoms with Crippen molar-refractivity contribution in [1.82, 2.24) is 0 Å². The van der Waals surface area contributed by atoms with Crippen LogP contribution in [0.5, 0.6) is 0 Å². The summed E-state index contributed by atoms with van der Waals surface area (Å²) in [6, 6.07) is 10.7. The van der Waals surface area contributed by atoms with E-state index in [1.165, 1.54) is 0 Å². The highest BCUT2D eigenvalue weighted by Crippen LogP contribution is 2.35. The SMILES string of the molecule is Clc1cc(Cl)cc(-c2cccc(Cl)c2Cl)c1. The van der Waals surface area contributed by atoms with Crippen LogP contribution >= 0.6 is 46.4 Å². The Balaban J connectivity index is 2.63. The molecule has 0 atom stereocenters. The summed E-state index contributed by atoms with van der Waals surface area (Å²) in [7, 11) is 0. The van der Waals surface area contributed by atoms with E-state index < -0.39 is 0 Å². The lowest BCUT2D eigenvalue weighted by Crippen LogP contribution is -1.81. The lowest BCUT2D eigenvalue weighted by atomic mass is 10.1. The molecule has 0 saturated carbocycles. The zero-order valence-electron chi connectivity index (χ0n) is 7.98. The highest BCUT2D eigenvalue weighted by atomic mass is 35.5. The molecule has 0 radical (unpaired) electrons. The minimum atomic E-state index is 0.502. The van der Waals surface area contributed by atoms with Crippen molar-refractivity contribution in [2.75, 3.05) is 0 Å². The molecule has 0 bridgehead atoms. The van der Waals surface area contributed by atoms with Crippen molar-refractivity contribution in [3.8, 4) is 11.1 Å². The van der Waals surface area contributed by atoms with Crippen LogP contribution in [0, 0.1) is 0 Å². The molecule has 4 heteroatoms. The molecule has 0 aliphatic rings. The van der Waals surface area contributed by atoms with Gasteiger partial charge >= 0.3 is 0 Å². The maximum absolute atomic E-state index is 6.11. The van der Waals surface area contributed by atoms with Gasteiger partial charge in [-0.1, -0.05) is 58.5 Å². The molecule has 2 aromatic carbocycles. The predicted octanol–water partition coefficient (Wildman–Crippen LogP) is 5.97. The monoisotopic (exact) mass is 290 g/mol. The molecule has 0 fully saturated rings. The van der Waals surface area contributed by atoms with Crippen LogP contribution in [0.4, 0.5) is 0 Å². The largest absolute Gasteiger partial charge is 0.0843 e. The molecule has 0 aliphatic carbocycles. The standard InChI is InChI=1S/C12H6Cl4/c13-8-4-7(5-9(14)6-8)10-2-1-3-11(15)12(10)16/h1-6H. The molecule has 2 aromatic rings. The zero-order valence-corrected chi connectivity index (χ0v) is 11.0. The fourth-order valence-corrected chi connectivity index (χ4v) is 2.37. The van der Waals surface area contributed by atoms with E-state index in [9.17, 15) is 0 Å². The molecule has 0 N–H and O–H groups in total. The summed E-state index contributed by atoms with van der Waals surface area (Å²) in [5.74, 6) is 0. The van der Waals surface area contributed by atoms with Gasteiger partial charge in [0.15, 0.2) is 0 Å². The third-order valence-electron chi connectivity index (χ3n) is 2.13. The van der Waals surface area contributed by atoms with Crippen LogP contribution in [0.15, 0.2) is 36.4 Å². The molecule has 0 unspecified atom stereocenters. The van der Waals surface area contributed by atoms with Gasteiger partial charge in [-0.05, 0) is 29.8 Å². The molecule has 82 valence electrons. The number of rotatable bonds is 1. The molecule has 0 heterocycles. The minimum absolute atomic E-state index is 0.502. The van der Waals surface area contributed by atoms with Gasteiger partial charge in [-0.25, -0.2) is 0 Å². The molecule has 0 amide bonds. The molecular formula is C12H6Cl4. The van der Waals surface area contributed by atoms with Crippen molar-refractivity contribution < 1.29 is 0 Å². The summed E-state index contributed by atoms with van der Waals surface area (Å²) in [6.45, 7) is 0. The first-order valence-corrected chi connectivity index (χ1v) is 5.99. The highest BCUT2D eigenvalue weighted by Gasteiger charge is 2.08. The Kier molecular flexibility index (Phi) is 3.66.